The summed E-state index contributed by atoms with van der Waals surface area (Å²) in [6.07, 6.45) is 35.6. The number of hydrogen-bond donors (Lipinski definition) is 0. The number of rotatable bonds is 26. The van der Waals surface area contributed by atoms with Crippen LogP contribution in [0.4, 0.5) is 0 Å². The summed E-state index contributed by atoms with van der Waals surface area (Å²) in [7, 11) is 0. The predicted molar refractivity (Wildman–Crippen MR) is 149 cm³/mol. The molecule has 0 N–H and O–H groups in total. The maximum absolute atomic E-state index is 2.94. The molecule has 0 spiro atoms. The van der Waals surface area contributed by atoms with Crippen LogP contribution in [0.2, 0.25) is 0 Å². The standard InChI is InChI=1S/C31H63N/c1-5-9-13-17-21-25-29-32(30-26-22-18-14-10-6-2)31(27-23-19-15-11-7-3)28-24-20-16-12-8-4/h15,19,31H,5-14,16-18,20-30H2,1-4H3/b19-15+. The molecule has 0 aromatic rings. The Balaban J connectivity index is 4.69. The van der Waals surface area contributed by atoms with Crippen molar-refractivity contribution < 1.29 is 0 Å². The fourth-order valence-electron chi connectivity index (χ4n) is 4.85. The molecule has 0 radical (unpaired) electrons. The van der Waals surface area contributed by atoms with E-state index in [1.165, 1.54) is 154 Å². The maximum Gasteiger partial charge on any atom is 0.00982 e. The Bertz CT molecular complexity index is 345. The lowest BCUT2D eigenvalue weighted by Gasteiger charge is -2.32. The van der Waals surface area contributed by atoms with Crippen LogP contribution in [0.5, 0.6) is 0 Å². The smallest absolute Gasteiger partial charge is 0.00982 e. The van der Waals surface area contributed by atoms with Crippen molar-refractivity contribution in [3.8, 4) is 0 Å². The minimum atomic E-state index is 0.814. The van der Waals surface area contributed by atoms with Gasteiger partial charge in [-0.05, 0) is 51.6 Å². The van der Waals surface area contributed by atoms with Crippen molar-refractivity contribution >= 4 is 0 Å². The molecule has 32 heavy (non-hydrogen) atoms. The first-order chi connectivity index (χ1) is 15.8. The van der Waals surface area contributed by atoms with Gasteiger partial charge < -0.3 is 4.90 Å². The largest absolute Gasteiger partial charge is 0.300 e. The number of hydrogen-bond acceptors (Lipinski definition) is 1. The molecule has 0 fully saturated rings. The minimum absolute atomic E-state index is 0.814. The van der Waals surface area contributed by atoms with Gasteiger partial charge in [0.05, 0.1) is 0 Å². The third-order valence-corrected chi connectivity index (χ3v) is 7.04. The summed E-state index contributed by atoms with van der Waals surface area (Å²) in [4.78, 5) is 2.94. The van der Waals surface area contributed by atoms with Crippen LogP contribution in [0.3, 0.4) is 0 Å². The van der Waals surface area contributed by atoms with Crippen LogP contribution in [0, 0.1) is 0 Å². The van der Waals surface area contributed by atoms with Gasteiger partial charge in [0.1, 0.15) is 0 Å². The molecule has 0 aliphatic heterocycles. The van der Waals surface area contributed by atoms with E-state index in [0.29, 0.717) is 0 Å². The minimum Gasteiger partial charge on any atom is -0.300 e. The third kappa shape index (κ3) is 21.5. The highest BCUT2D eigenvalue weighted by Crippen LogP contribution is 2.20. The van der Waals surface area contributed by atoms with Crippen LogP contribution in [-0.4, -0.2) is 24.0 Å². The van der Waals surface area contributed by atoms with E-state index in [1.807, 2.05) is 0 Å². The topological polar surface area (TPSA) is 3.24 Å². The van der Waals surface area contributed by atoms with Crippen LogP contribution in [-0.2, 0) is 0 Å². The monoisotopic (exact) mass is 449 g/mol. The average molecular weight is 450 g/mol. The zero-order chi connectivity index (χ0) is 23.5. The zero-order valence-corrected chi connectivity index (χ0v) is 23.1. The number of allylic oxidation sites excluding steroid dienone is 2. The van der Waals surface area contributed by atoms with Crippen molar-refractivity contribution in [2.24, 2.45) is 0 Å². The van der Waals surface area contributed by atoms with Gasteiger partial charge in [-0.2, -0.15) is 0 Å². The Kier molecular flexibility index (Phi) is 26.7. The zero-order valence-electron chi connectivity index (χ0n) is 23.1. The van der Waals surface area contributed by atoms with Gasteiger partial charge in [-0.25, -0.2) is 0 Å². The molecule has 0 heterocycles. The molecule has 0 amide bonds. The second-order valence-corrected chi connectivity index (χ2v) is 10.3. The van der Waals surface area contributed by atoms with Gasteiger partial charge in [-0.1, -0.05) is 143 Å². The van der Waals surface area contributed by atoms with Crippen molar-refractivity contribution in [3.05, 3.63) is 12.2 Å². The van der Waals surface area contributed by atoms with Crippen molar-refractivity contribution in [2.45, 2.75) is 175 Å². The lowest BCUT2D eigenvalue weighted by molar-refractivity contribution is 0.167. The molecule has 0 aliphatic carbocycles. The molecule has 1 atom stereocenters. The molecular formula is C31H63N. The molecule has 0 bridgehead atoms. The van der Waals surface area contributed by atoms with E-state index in [-0.39, 0.29) is 0 Å². The van der Waals surface area contributed by atoms with Gasteiger partial charge in [0.15, 0.2) is 0 Å². The maximum atomic E-state index is 2.94. The van der Waals surface area contributed by atoms with E-state index in [1.54, 1.807) is 0 Å². The molecule has 1 heteroatoms. The van der Waals surface area contributed by atoms with Crippen LogP contribution in [0.15, 0.2) is 12.2 Å². The van der Waals surface area contributed by atoms with E-state index in [0.717, 1.165) is 6.04 Å². The predicted octanol–water partition coefficient (Wildman–Crippen LogP) is 10.9. The fraction of sp³-hybridized carbons (Fsp3) is 0.935. The van der Waals surface area contributed by atoms with Crippen molar-refractivity contribution in [2.75, 3.05) is 13.1 Å². The van der Waals surface area contributed by atoms with Crippen LogP contribution in [0.1, 0.15) is 169 Å². The number of unbranched alkanes of at least 4 members (excludes halogenated alkanes) is 15. The van der Waals surface area contributed by atoms with Gasteiger partial charge in [-0.3, -0.25) is 0 Å². The second-order valence-electron chi connectivity index (χ2n) is 10.3. The summed E-state index contributed by atoms with van der Waals surface area (Å²) in [5, 5.41) is 0. The third-order valence-electron chi connectivity index (χ3n) is 7.04. The molecule has 0 aromatic carbocycles. The van der Waals surface area contributed by atoms with E-state index < -0.39 is 0 Å². The fourth-order valence-corrected chi connectivity index (χ4v) is 4.85. The van der Waals surface area contributed by atoms with Gasteiger partial charge in [0.2, 0.25) is 0 Å². The Morgan fingerprint density at radius 3 is 1.38 bits per heavy atom. The normalized spacial score (nSPS) is 12.9. The average Bonchev–Trinajstić information content (AvgIpc) is 2.80. The summed E-state index contributed by atoms with van der Waals surface area (Å²) < 4.78 is 0. The van der Waals surface area contributed by atoms with Crippen molar-refractivity contribution in [3.63, 3.8) is 0 Å². The van der Waals surface area contributed by atoms with Crippen molar-refractivity contribution in [1.29, 1.82) is 0 Å². The van der Waals surface area contributed by atoms with E-state index in [9.17, 15) is 0 Å². The second kappa shape index (κ2) is 26.9. The Morgan fingerprint density at radius 1 is 0.438 bits per heavy atom. The van der Waals surface area contributed by atoms with Gasteiger partial charge in [-0.15, -0.1) is 0 Å². The van der Waals surface area contributed by atoms with E-state index in [2.05, 4.69) is 44.7 Å². The van der Waals surface area contributed by atoms with E-state index in [4.69, 9.17) is 0 Å². The number of nitrogens with zero attached hydrogens (tertiary/aromatic N) is 1. The quantitative estimate of drug-likeness (QED) is 0.0937. The molecule has 0 aliphatic rings. The van der Waals surface area contributed by atoms with Crippen molar-refractivity contribution in [1.82, 2.24) is 4.90 Å². The van der Waals surface area contributed by atoms with Crippen LogP contribution < -0.4 is 0 Å². The highest BCUT2D eigenvalue weighted by atomic mass is 15.1. The van der Waals surface area contributed by atoms with Gasteiger partial charge in [0.25, 0.3) is 0 Å². The summed E-state index contributed by atoms with van der Waals surface area (Å²) in [6.45, 7) is 11.9. The molecule has 1 nitrogen and oxygen atoms in total. The molecule has 0 saturated heterocycles. The molecule has 192 valence electrons. The van der Waals surface area contributed by atoms with Gasteiger partial charge >= 0.3 is 0 Å². The Hall–Kier alpha value is -0.300. The Morgan fingerprint density at radius 2 is 0.875 bits per heavy atom. The summed E-state index contributed by atoms with van der Waals surface area (Å²) >= 11 is 0. The van der Waals surface area contributed by atoms with Crippen LogP contribution >= 0.6 is 0 Å². The first kappa shape index (κ1) is 31.7. The molecule has 0 rings (SSSR count). The summed E-state index contributed by atoms with van der Waals surface area (Å²) in [6, 6.07) is 0.814. The highest BCUT2D eigenvalue weighted by molar-refractivity contribution is 4.84. The van der Waals surface area contributed by atoms with E-state index >= 15 is 0 Å². The summed E-state index contributed by atoms with van der Waals surface area (Å²) in [5.41, 5.74) is 0. The first-order valence-corrected chi connectivity index (χ1v) is 15.2. The lowest BCUT2D eigenvalue weighted by atomic mass is 9.99. The first-order valence-electron chi connectivity index (χ1n) is 15.2. The lowest BCUT2D eigenvalue weighted by Crippen LogP contribution is -2.37. The summed E-state index contributed by atoms with van der Waals surface area (Å²) in [5.74, 6) is 0. The molecule has 1 unspecified atom stereocenters. The molecule has 0 aromatic heterocycles. The Labute approximate surface area is 205 Å². The van der Waals surface area contributed by atoms with Gasteiger partial charge in [0, 0.05) is 6.04 Å². The highest BCUT2D eigenvalue weighted by Gasteiger charge is 2.17. The van der Waals surface area contributed by atoms with Crippen LogP contribution in [0.25, 0.3) is 0 Å². The SMILES string of the molecule is CCC/C=C/CCC(CCCCCCC)N(CCCCCCCC)CCCCCCCC. The molecular weight excluding hydrogens is 386 g/mol. The molecule has 0 saturated carbocycles.